The van der Waals surface area contributed by atoms with E-state index in [0.29, 0.717) is 17.8 Å². The highest BCUT2D eigenvalue weighted by molar-refractivity contribution is 5.89. The van der Waals surface area contributed by atoms with Gasteiger partial charge in [-0.1, -0.05) is 20.8 Å². The molecule has 5 fully saturated rings. The van der Waals surface area contributed by atoms with E-state index in [9.17, 15) is 4.79 Å². The normalized spacial score (nSPS) is 46.1. The SMILES string of the molecule is C1CC2CCC1CO2.CC12CCC(CC1=O)C2(C)C. The molecule has 0 spiro atoms. The van der Waals surface area contributed by atoms with Gasteiger partial charge in [-0.2, -0.15) is 0 Å². The maximum atomic E-state index is 11.6. The van der Waals surface area contributed by atoms with Gasteiger partial charge in [-0.3, -0.25) is 4.79 Å². The molecule has 3 aliphatic carbocycles. The number of hydrogen-bond acceptors (Lipinski definition) is 2. The smallest absolute Gasteiger partial charge is 0.139 e. The van der Waals surface area contributed by atoms with Crippen molar-refractivity contribution in [3.63, 3.8) is 0 Å². The molecule has 2 saturated heterocycles. The molecule has 0 radical (unpaired) electrons. The fraction of sp³-hybridized carbons (Fsp3) is 0.941. The molecule has 2 aliphatic heterocycles. The molecule has 2 heterocycles. The van der Waals surface area contributed by atoms with Gasteiger partial charge in [-0.05, 0) is 55.8 Å². The predicted molar refractivity (Wildman–Crippen MR) is 75.9 cm³/mol. The van der Waals surface area contributed by atoms with E-state index < -0.39 is 0 Å². The van der Waals surface area contributed by atoms with Crippen LogP contribution in [0.5, 0.6) is 0 Å². The Kier molecular flexibility index (Phi) is 3.28. The number of ether oxygens (including phenoxy) is 1. The number of carbonyl (C=O) groups excluding carboxylic acids is 1. The van der Waals surface area contributed by atoms with Crippen LogP contribution in [-0.4, -0.2) is 18.5 Å². The van der Waals surface area contributed by atoms with Crippen molar-refractivity contribution in [3.05, 3.63) is 0 Å². The fourth-order valence-electron chi connectivity index (χ4n) is 4.64. The van der Waals surface area contributed by atoms with E-state index in [4.69, 9.17) is 4.74 Å². The highest BCUT2D eigenvalue weighted by atomic mass is 16.5. The Hall–Kier alpha value is -0.370. The zero-order valence-corrected chi connectivity index (χ0v) is 12.7. The molecular formula is C17H28O2. The number of ketones is 1. The molecule has 2 heteroatoms. The number of fused-ring (bicyclic) bond motifs is 5. The molecule has 19 heavy (non-hydrogen) atoms. The first kappa shape index (κ1) is 13.6. The van der Waals surface area contributed by atoms with Gasteiger partial charge in [0.1, 0.15) is 5.78 Å². The number of rotatable bonds is 0. The Morgan fingerprint density at radius 2 is 1.74 bits per heavy atom. The van der Waals surface area contributed by atoms with Gasteiger partial charge in [-0.15, -0.1) is 0 Å². The first-order valence-electron chi connectivity index (χ1n) is 8.08. The summed E-state index contributed by atoms with van der Waals surface area (Å²) in [6.45, 7) is 7.73. The second kappa shape index (κ2) is 4.58. The molecule has 5 aliphatic rings. The zero-order chi connectivity index (χ0) is 13.7. The highest BCUT2D eigenvalue weighted by Crippen LogP contribution is 2.63. The van der Waals surface area contributed by atoms with E-state index in [-0.39, 0.29) is 10.8 Å². The molecule has 2 atom stereocenters. The molecule has 0 amide bonds. The summed E-state index contributed by atoms with van der Waals surface area (Å²) < 4.78 is 5.48. The van der Waals surface area contributed by atoms with Crippen LogP contribution in [0.4, 0.5) is 0 Å². The van der Waals surface area contributed by atoms with Crippen LogP contribution in [0.25, 0.3) is 0 Å². The third kappa shape index (κ3) is 2.07. The van der Waals surface area contributed by atoms with Gasteiger partial charge in [0, 0.05) is 18.4 Å². The number of Topliss-reactive ketones (excluding diaryl/α,β-unsaturated/α-hetero) is 1. The Morgan fingerprint density at radius 1 is 1.05 bits per heavy atom. The first-order valence-corrected chi connectivity index (χ1v) is 8.08. The summed E-state index contributed by atoms with van der Waals surface area (Å²) in [7, 11) is 0. The largest absolute Gasteiger partial charge is 0.378 e. The molecule has 0 aromatic carbocycles. The van der Waals surface area contributed by atoms with E-state index in [2.05, 4.69) is 20.8 Å². The van der Waals surface area contributed by atoms with E-state index in [1.165, 1.54) is 32.1 Å². The van der Waals surface area contributed by atoms with E-state index in [1.54, 1.807) is 0 Å². The van der Waals surface area contributed by atoms with Crippen molar-refractivity contribution in [3.8, 4) is 0 Å². The quantitative estimate of drug-likeness (QED) is 0.661. The summed E-state index contributed by atoms with van der Waals surface area (Å²) in [4.78, 5) is 11.6. The van der Waals surface area contributed by atoms with Crippen LogP contribution in [0.3, 0.4) is 0 Å². The average Bonchev–Trinajstić information content (AvgIpc) is 2.75. The Labute approximate surface area is 117 Å². The van der Waals surface area contributed by atoms with Gasteiger partial charge in [-0.25, -0.2) is 0 Å². The standard InChI is InChI=1S/C10H16O.C7H12O/c1-9(2)7-4-5-10(9,3)8(11)6-7;1-3-7-4-2-6(1)5-8-7/h7H,4-6H2,1-3H3;6-7H,1-5H2. The predicted octanol–water partition coefficient (Wildman–Crippen LogP) is 3.98. The maximum Gasteiger partial charge on any atom is 0.139 e. The summed E-state index contributed by atoms with van der Waals surface area (Å²) in [5, 5.41) is 0. The molecule has 108 valence electrons. The third-order valence-corrected chi connectivity index (χ3v) is 6.84. The van der Waals surface area contributed by atoms with Gasteiger partial charge in [0.2, 0.25) is 0 Å². The molecule has 2 nitrogen and oxygen atoms in total. The maximum absolute atomic E-state index is 11.6. The van der Waals surface area contributed by atoms with Crippen molar-refractivity contribution < 1.29 is 9.53 Å². The lowest BCUT2D eigenvalue weighted by Crippen LogP contribution is -2.32. The Bertz CT molecular complexity index is 342. The summed E-state index contributed by atoms with van der Waals surface area (Å²) in [5.41, 5.74) is 0.307. The molecule has 3 saturated carbocycles. The van der Waals surface area contributed by atoms with E-state index in [1.807, 2.05) is 0 Å². The van der Waals surface area contributed by atoms with Crippen molar-refractivity contribution in [2.75, 3.05) is 6.61 Å². The van der Waals surface area contributed by atoms with Crippen molar-refractivity contribution in [2.45, 2.75) is 71.8 Å². The van der Waals surface area contributed by atoms with Gasteiger partial charge < -0.3 is 4.74 Å². The number of carbonyl (C=O) groups is 1. The van der Waals surface area contributed by atoms with E-state index in [0.717, 1.165) is 25.4 Å². The molecule has 0 aromatic rings. The topological polar surface area (TPSA) is 26.3 Å². The minimum Gasteiger partial charge on any atom is -0.378 e. The lowest BCUT2D eigenvalue weighted by atomic mass is 9.70. The van der Waals surface area contributed by atoms with Gasteiger partial charge >= 0.3 is 0 Å². The van der Waals surface area contributed by atoms with Crippen molar-refractivity contribution in [1.82, 2.24) is 0 Å². The lowest BCUT2D eigenvalue weighted by Gasteiger charge is -2.35. The molecule has 5 rings (SSSR count). The molecular weight excluding hydrogens is 236 g/mol. The minimum absolute atomic E-state index is 0.0255. The van der Waals surface area contributed by atoms with Crippen LogP contribution in [0.2, 0.25) is 0 Å². The van der Waals surface area contributed by atoms with E-state index >= 15 is 0 Å². The van der Waals surface area contributed by atoms with Gasteiger partial charge in [0.25, 0.3) is 0 Å². The molecule has 2 unspecified atom stereocenters. The van der Waals surface area contributed by atoms with Crippen LogP contribution in [0.1, 0.15) is 65.7 Å². The number of hydrogen-bond donors (Lipinski definition) is 0. The summed E-state index contributed by atoms with van der Waals surface area (Å²) >= 11 is 0. The first-order chi connectivity index (χ1) is 8.93. The van der Waals surface area contributed by atoms with Crippen molar-refractivity contribution >= 4 is 5.78 Å². The molecule has 0 N–H and O–H groups in total. The summed E-state index contributed by atoms with van der Waals surface area (Å²) in [6, 6.07) is 0. The molecule has 0 aromatic heterocycles. The summed E-state index contributed by atoms with van der Waals surface area (Å²) in [5.74, 6) is 2.12. The van der Waals surface area contributed by atoms with Crippen molar-refractivity contribution in [1.29, 1.82) is 0 Å². The van der Waals surface area contributed by atoms with Crippen LogP contribution < -0.4 is 0 Å². The van der Waals surface area contributed by atoms with Crippen LogP contribution in [0, 0.1) is 22.7 Å². The van der Waals surface area contributed by atoms with Gasteiger partial charge in [0.05, 0.1) is 6.10 Å². The van der Waals surface area contributed by atoms with Gasteiger partial charge in [0.15, 0.2) is 0 Å². The Morgan fingerprint density at radius 3 is 1.89 bits per heavy atom. The summed E-state index contributed by atoms with van der Waals surface area (Å²) in [6.07, 6.45) is 9.45. The zero-order valence-electron chi connectivity index (χ0n) is 12.7. The second-order valence-electron chi connectivity index (χ2n) is 7.89. The van der Waals surface area contributed by atoms with Crippen LogP contribution >= 0.6 is 0 Å². The van der Waals surface area contributed by atoms with Crippen molar-refractivity contribution in [2.24, 2.45) is 22.7 Å². The minimum atomic E-state index is 0.0255. The van der Waals surface area contributed by atoms with Crippen LogP contribution in [0.15, 0.2) is 0 Å². The third-order valence-electron chi connectivity index (χ3n) is 6.84. The second-order valence-corrected chi connectivity index (χ2v) is 7.89. The van der Waals surface area contributed by atoms with Crippen LogP contribution in [-0.2, 0) is 9.53 Å². The molecule has 4 bridgehead atoms. The lowest BCUT2D eigenvalue weighted by molar-refractivity contribution is -0.128. The fourth-order valence-corrected chi connectivity index (χ4v) is 4.64. The monoisotopic (exact) mass is 264 g/mol. The Balaban J connectivity index is 0.000000122. The highest BCUT2D eigenvalue weighted by Gasteiger charge is 2.61. The average molecular weight is 264 g/mol.